The number of rotatable bonds is 8. The molecule has 1 aliphatic heterocycles. The van der Waals surface area contributed by atoms with Crippen molar-refractivity contribution in [1.29, 1.82) is 0 Å². The number of nitrogens with one attached hydrogen (secondary N) is 1. The second-order valence-electron chi connectivity index (χ2n) is 6.55. The molecule has 1 aromatic heterocycles. The third-order valence-electron chi connectivity index (χ3n) is 4.52. The number of allylic oxidation sites excluding steroid dienone is 2. The van der Waals surface area contributed by atoms with E-state index in [0.29, 0.717) is 0 Å². The van der Waals surface area contributed by atoms with Crippen LogP contribution in [0, 0.1) is 0 Å². The maximum Gasteiger partial charge on any atom is 0.0658 e. The Kier molecular flexibility index (Phi) is 6.38. The lowest BCUT2D eigenvalue weighted by molar-refractivity contribution is 0.541. The summed E-state index contributed by atoms with van der Waals surface area (Å²) in [5.74, 6) is 0. The second-order valence-corrected chi connectivity index (χ2v) is 6.55. The minimum atomic E-state index is 0.724. The summed E-state index contributed by atoms with van der Waals surface area (Å²) in [5, 5.41) is 3.56. The average Bonchev–Trinajstić information content (AvgIpc) is 3.00. The highest BCUT2D eigenvalue weighted by Crippen LogP contribution is 2.24. The Morgan fingerprint density at radius 2 is 2.23 bits per heavy atom. The van der Waals surface area contributed by atoms with Crippen LogP contribution in [0.4, 0.5) is 0 Å². The highest BCUT2D eigenvalue weighted by atomic mass is 14.9. The van der Waals surface area contributed by atoms with Crippen molar-refractivity contribution >= 4 is 11.1 Å². The van der Waals surface area contributed by atoms with Crippen molar-refractivity contribution in [3.05, 3.63) is 42.2 Å². The Hall–Kier alpha value is -1.41. The first-order valence-corrected chi connectivity index (χ1v) is 8.68. The summed E-state index contributed by atoms with van der Waals surface area (Å²) < 4.78 is 0. The molecule has 2 rings (SSSR count). The quantitative estimate of drug-likeness (QED) is 0.730. The summed E-state index contributed by atoms with van der Waals surface area (Å²) >= 11 is 0. The molecule has 2 heterocycles. The van der Waals surface area contributed by atoms with Gasteiger partial charge in [0.25, 0.3) is 0 Å². The van der Waals surface area contributed by atoms with E-state index in [4.69, 9.17) is 0 Å². The van der Waals surface area contributed by atoms with Gasteiger partial charge >= 0.3 is 0 Å². The monoisotopic (exact) mass is 298 g/mol. The fourth-order valence-electron chi connectivity index (χ4n) is 3.24. The van der Waals surface area contributed by atoms with Gasteiger partial charge in [-0.1, -0.05) is 26.5 Å². The molecule has 22 heavy (non-hydrogen) atoms. The summed E-state index contributed by atoms with van der Waals surface area (Å²) in [6, 6.07) is 2.95. The molecule has 1 aromatic rings. The van der Waals surface area contributed by atoms with E-state index in [2.05, 4.69) is 43.4 Å². The number of nitrogens with zero attached hydrogens (tertiary/aromatic N) is 1. The molecular formula is C20H30N2. The van der Waals surface area contributed by atoms with Crippen LogP contribution in [-0.2, 0) is 6.42 Å². The van der Waals surface area contributed by atoms with Crippen molar-refractivity contribution in [2.75, 3.05) is 6.54 Å². The number of aromatic nitrogens is 1. The van der Waals surface area contributed by atoms with Crippen LogP contribution in [0.15, 0.2) is 25.4 Å². The predicted octanol–water partition coefficient (Wildman–Crippen LogP) is 5.00. The molecule has 0 saturated carbocycles. The molecule has 1 N–H and O–H groups in total. The molecule has 2 heteroatoms. The summed E-state index contributed by atoms with van der Waals surface area (Å²) in [4.78, 5) is 4.62. The summed E-state index contributed by atoms with van der Waals surface area (Å²) in [6.45, 7) is 13.8. The van der Waals surface area contributed by atoms with Crippen molar-refractivity contribution in [3.63, 3.8) is 0 Å². The van der Waals surface area contributed by atoms with E-state index in [1.54, 1.807) is 0 Å². The molecule has 1 unspecified atom stereocenters. The molecule has 1 atom stereocenters. The van der Waals surface area contributed by atoms with Gasteiger partial charge in [-0.15, -0.1) is 0 Å². The minimum Gasteiger partial charge on any atom is -0.314 e. The van der Waals surface area contributed by atoms with Gasteiger partial charge < -0.3 is 5.32 Å². The highest BCUT2D eigenvalue weighted by Gasteiger charge is 2.14. The number of aryl methyl sites for hydroxylation is 1. The molecule has 1 fully saturated rings. The molecule has 0 bridgehead atoms. The van der Waals surface area contributed by atoms with Crippen LogP contribution in [0.5, 0.6) is 0 Å². The Bertz CT molecular complexity index is 525. The fourth-order valence-corrected chi connectivity index (χ4v) is 3.24. The molecule has 120 valence electrons. The van der Waals surface area contributed by atoms with E-state index in [1.807, 2.05) is 6.20 Å². The fraction of sp³-hybridized carbons (Fsp3) is 0.550. The Morgan fingerprint density at radius 3 is 2.86 bits per heavy atom. The van der Waals surface area contributed by atoms with Crippen molar-refractivity contribution in [2.24, 2.45) is 0 Å². The van der Waals surface area contributed by atoms with Crippen molar-refractivity contribution < 1.29 is 0 Å². The number of pyridine rings is 1. The molecule has 0 spiro atoms. The van der Waals surface area contributed by atoms with E-state index in [9.17, 15) is 0 Å². The molecular weight excluding hydrogens is 268 g/mol. The molecule has 0 aliphatic carbocycles. The van der Waals surface area contributed by atoms with Gasteiger partial charge in [0.2, 0.25) is 0 Å². The summed E-state index contributed by atoms with van der Waals surface area (Å²) in [7, 11) is 0. The van der Waals surface area contributed by atoms with Crippen LogP contribution in [0.1, 0.15) is 69.2 Å². The topological polar surface area (TPSA) is 24.9 Å². The van der Waals surface area contributed by atoms with Crippen LogP contribution in [0.3, 0.4) is 0 Å². The van der Waals surface area contributed by atoms with E-state index in [1.165, 1.54) is 48.9 Å². The summed E-state index contributed by atoms with van der Waals surface area (Å²) in [5.41, 5.74) is 5.89. The van der Waals surface area contributed by atoms with Crippen LogP contribution < -0.4 is 5.32 Å². The number of hydrogen-bond donors (Lipinski definition) is 1. The average molecular weight is 298 g/mol. The van der Waals surface area contributed by atoms with Crippen molar-refractivity contribution in [2.45, 2.75) is 64.8 Å². The van der Waals surface area contributed by atoms with Crippen molar-refractivity contribution in [3.8, 4) is 0 Å². The van der Waals surface area contributed by atoms with E-state index < -0.39 is 0 Å². The zero-order chi connectivity index (χ0) is 15.9. The van der Waals surface area contributed by atoms with E-state index in [-0.39, 0.29) is 0 Å². The lowest BCUT2D eigenvalue weighted by Crippen LogP contribution is -2.20. The zero-order valence-electron chi connectivity index (χ0n) is 14.3. The Balaban J connectivity index is 1.96. The van der Waals surface area contributed by atoms with Gasteiger partial charge in [0.15, 0.2) is 0 Å². The Labute approximate surface area is 135 Å². The van der Waals surface area contributed by atoms with Crippen molar-refractivity contribution in [1.82, 2.24) is 10.3 Å². The molecule has 0 amide bonds. The Morgan fingerprint density at radius 1 is 1.41 bits per heavy atom. The second kappa shape index (κ2) is 8.28. The minimum absolute atomic E-state index is 0.724. The first-order valence-electron chi connectivity index (χ1n) is 8.68. The van der Waals surface area contributed by atoms with Gasteiger partial charge in [-0.3, -0.25) is 4.98 Å². The van der Waals surface area contributed by atoms with Crippen LogP contribution >= 0.6 is 0 Å². The van der Waals surface area contributed by atoms with Gasteiger partial charge in [-0.05, 0) is 80.3 Å². The largest absolute Gasteiger partial charge is 0.314 e. The van der Waals surface area contributed by atoms with Gasteiger partial charge in [-0.2, -0.15) is 0 Å². The first kappa shape index (κ1) is 17.0. The van der Waals surface area contributed by atoms with Crippen LogP contribution in [-0.4, -0.2) is 17.6 Å². The first-order chi connectivity index (χ1) is 10.6. The summed E-state index contributed by atoms with van der Waals surface area (Å²) in [6.07, 6.45) is 10.4. The third kappa shape index (κ3) is 4.54. The van der Waals surface area contributed by atoms with Gasteiger partial charge in [0, 0.05) is 12.2 Å². The molecule has 0 aromatic carbocycles. The lowest BCUT2D eigenvalue weighted by Gasteiger charge is -2.13. The van der Waals surface area contributed by atoms with Gasteiger partial charge in [-0.25, -0.2) is 0 Å². The van der Waals surface area contributed by atoms with E-state index >= 15 is 0 Å². The molecule has 1 saturated heterocycles. The van der Waals surface area contributed by atoms with E-state index in [0.717, 1.165) is 36.6 Å². The zero-order valence-corrected chi connectivity index (χ0v) is 14.3. The SMILES string of the molecule is C=C(CCCC1CCCN1)c1cc(CCC)c(C(=C)C)cn1. The smallest absolute Gasteiger partial charge is 0.0658 e. The van der Waals surface area contributed by atoms with Crippen LogP contribution in [0.2, 0.25) is 0 Å². The number of hydrogen-bond acceptors (Lipinski definition) is 2. The molecule has 1 aliphatic rings. The predicted molar refractivity (Wildman–Crippen MR) is 96.8 cm³/mol. The molecule has 2 nitrogen and oxygen atoms in total. The van der Waals surface area contributed by atoms with Gasteiger partial charge in [0.05, 0.1) is 5.69 Å². The highest BCUT2D eigenvalue weighted by molar-refractivity contribution is 5.67. The van der Waals surface area contributed by atoms with Crippen LogP contribution in [0.25, 0.3) is 11.1 Å². The third-order valence-corrected chi connectivity index (χ3v) is 4.52. The maximum absolute atomic E-state index is 4.62. The molecule has 0 radical (unpaired) electrons. The standard InChI is InChI=1S/C20H30N2/c1-5-8-17-13-20(22-14-19(17)15(2)3)16(4)9-6-10-18-11-7-12-21-18/h13-14,18,21H,2,4-12H2,1,3H3. The normalized spacial score (nSPS) is 17.6. The van der Waals surface area contributed by atoms with Gasteiger partial charge in [0.1, 0.15) is 0 Å². The maximum atomic E-state index is 4.62. The lowest BCUT2D eigenvalue weighted by atomic mass is 9.97.